The molecule has 104 valence electrons. The predicted molar refractivity (Wildman–Crippen MR) is 74.2 cm³/mol. The van der Waals surface area contributed by atoms with E-state index in [1.807, 2.05) is 0 Å². The number of nitrogen functional groups attached to an aromatic ring is 1. The average Bonchev–Trinajstić information content (AvgIpc) is 2.39. The molecule has 7 heteroatoms. The number of methoxy groups -OCH3 is 1. The summed E-state index contributed by atoms with van der Waals surface area (Å²) >= 11 is 3.15. The smallest absolute Gasteiger partial charge is 0.340 e. The number of anilines is 1. The van der Waals surface area contributed by atoms with E-state index in [9.17, 15) is 9.18 Å². The summed E-state index contributed by atoms with van der Waals surface area (Å²) in [7, 11) is 1.24. The van der Waals surface area contributed by atoms with E-state index in [1.165, 1.54) is 31.5 Å². The number of nitrogens with zero attached hydrogens (tertiary/aromatic N) is 1. The van der Waals surface area contributed by atoms with Crippen molar-refractivity contribution in [3.8, 4) is 11.6 Å². The second kappa shape index (κ2) is 5.87. The molecule has 2 rings (SSSR count). The summed E-state index contributed by atoms with van der Waals surface area (Å²) in [6, 6.07) is 5.39. The summed E-state index contributed by atoms with van der Waals surface area (Å²) in [5, 5.41) is 0. The van der Waals surface area contributed by atoms with E-state index in [-0.39, 0.29) is 22.9 Å². The summed E-state index contributed by atoms with van der Waals surface area (Å²) in [5.74, 6) is -0.713. The third-order valence-corrected chi connectivity index (χ3v) is 2.83. The molecular formula is C13H10BrFN2O3. The van der Waals surface area contributed by atoms with Crippen LogP contribution < -0.4 is 10.5 Å². The molecule has 5 nitrogen and oxygen atoms in total. The summed E-state index contributed by atoms with van der Waals surface area (Å²) in [4.78, 5) is 15.4. The number of pyridine rings is 1. The maximum Gasteiger partial charge on any atom is 0.340 e. The van der Waals surface area contributed by atoms with Crippen LogP contribution in [0.1, 0.15) is 10.4 Å². The maximum atomic E-state index is 13.2. The zero-order valence-electron chi connectivity index (χ0n) is 10.4. The first-order valence-electron chi connectivity index (χ1n) is 5.47. The molecule has 1 aromatic heterocycles. The van der Waals surface area contributed by atoms with Gasteiger partial charge in [0.2, 0.25) is 5.88 Å². The number of hydrogen-bond acceptors (Lipinski definition) is 5. The number of aromatic nitrogens is 1. The van der Waals surface area contributed by atoms with Crippen LogP contribution in [0.2, 0.25) is 0 Å². The minimum Gasteiger partial charge on any atom is -0.465 e. The van der Waals surface area contributed by atoms with Crippen molar-refractivity contribution in [3.05, 3.63) is 46.3 Å². The molecule has 0 radical (unpaired) electrons. The van der Waals surface area contributed by atoms with Gasteiger partial charge < -0.3 is 15.2 Å². The van der Waals surface area contributed by atoms with Crippen LogP contribution in [-0.2, 0) is 4.74 Å². The Labute approximate surface area is 122 Å². The van der Waals surface area contributed by atoms with Gasteiger partial charge in [0.15, 0.2) is 0 Å². The number of ether oxygens (including phenoxy) is 2. The van der Waals surface area contributed by atoms with Crippen molar-refractivity contribution in [1.29, 1.82) is 0 Å². The molecule has 0 aliphatic rings. The Morgan fingerprint density at radius 2 is 2.10 bits per heavy atom. The molecule has 0 atom stereocenters. The highest BCUT2D eigenvalue weighted by atomic mass is 79.9. The molecule has 0 fully saturated rings. The normalized spacial score (nSPS) is 10.2. The van der Waals surface area contributed by atoms with Gasteiger partial charge in [-0.2, -0.15) is 0 Å². The number of nitrogens with two attached hydrogens (primary N) is 1. The monoisotopic (exact) mass is 340 g/mol. The molecule has 2 aromatic rings. The summed E-state index contributed by atoms with van der Waals surface area (Å²) in [6.45, 7) is 0. The molecule has 0 aliphatic carbocycles. The van der Waals surface area contributed by atoms with Crippen LogP contribution in [0.3, 0.4) is 0 Å². The van der Waals surface area contributed by atoms with Crippen LogP contribution in [-0.4, -0.2) is 18.1 Å². The highest BCUT2D eigenvalue weighted by molar-refractivity contribution is 9.10. The van der Waals surface area contributed by atoms with E-state index < -0.39 is 11.8 Å². The van der Waals surface area contributed by atoms with Crippen molar-refractivity contribution in [2.24, 2.45) is 0 Å². The van der Waals surface area contributed by atoms with E-state index in [0.29, 0.717) is 4.47 Å². The van der Waals surface area contributed by atoms with Gasteiger partial charge in [-0.25, -0.2) is 14.2 Å². The minimum atomic E-state index is -0.602. The Morgan fingerprint density at radius 3 is 2.75 bits per heavy atom. The number of halogens is 2. The van der Waals surface area contributed by atoms with Crippen LogP contribution in [0.4, 0.5) is 10.1 Å². The first kappa shape index (κ1) is 14.3. The lowest BCUT2D eigenvalue weighted by Gasteiger charge is -2.08. The molecule has 0 aliphatic heterocycles. The highest BCUT2D eigenvalue weighted by Crippen LogP contribution is 2.26. The number of benzene rings is 1. The first-order valence-corrected chi connectivity index (χ1v) is 6.26. The molecule has 2 N–H and O–H groups in total. The van der Waals surface area contributed by atoms with E-state index in [2.05, 4.69) is 25.7 Å². The zero-order chi connectivity index (χ0) is 14.7. The SMILES string of the molecule is COC(=O)c1cc(Oc2cc(F)cc(Br)c2)ncc1N. The minimum absolute atomic E-state index is 0.108. The predicted octanol–water partition coefficient (Wildman–Crippen LogP) is 3.14. The topological polar surface area (TPSA) is 74.4 Å². The van der Waals surface area contributed by atoms with Gasteiger partial charge in [-0.1, -0.05) is 15.9 Å². The molecule has 1 aromatic carbocycles. The number of carbonyl (C=O) groups is 1. The second-order valence-electron chi connectivity index (χ2n) is 3.81. The molecule has 0 unspecified atom stereocenters. The third kappa shape index (κ3) is 3.24. The van der Waals surface area contributed by atoms with Gasteiger partial charge in [-0.05, 0) is 12.1 Å². The summed E-state index contributed by atoms with van der Waals surface area (Å²) in [6.07, 6.45) is 1.27. The second-order valence-corrected chi connectivity index (χ2v) is 4.72. The van der Waals surface area contributed by atoms with E-state index in [0.717, 1.165) is 0 Å². The lowest BCUT2D eigenvalue weighted by atomic mass is 10.2. The third-order valence-electron chi connectivity index (χ3n) is 2.37. The van der Waals surface area contributed by atoms with Crippen LogP contribution in [0.5, 0.6) is 11.6 Å². The van der Waals surface area contributed by atoms with E-state index in [1.54, 1.807) is 6.07 Å². The lowest BCUT2D eigenvalue weighted by Crippen LogP contribution is -2.06. The Bertz CT molecular complexity index is 644. The molecule has 0 amide bonds. The van der Waals surface area contributed by atoms with Crippen LogP contribution >= 0.6 is 15.9 Å². The number of rotatable bonds is 3. The van der Waals surface area contributed by atoms with E-state index in [4.69, 9.17) is 10.5 Å². The van der Waals surface area contributed by atoms with E-state index >= 15 is 0 Å². The Kier molecular flexibility index (Phi) is 4.19. The fourth-order valence-corrected chi connectivity index (χ4v) is 1.94. The van der Waals surface area contributed by atoms with Gasteiger partial charge in [0.05, 0.1) is 24.6 Å². The van der Waals surface area contributed by atoms with Gasteiger partial charge in [-0.15, -0.1) is 0 Å². The fraction of sp³-hybridized carbons (Fsp3) is 0.0769. The standard InChI is InChI=1S/C13H10BrFN2O3/c1-19-13(18)10-5-12(17-6-11(10)16)20-9-3-7(14)2-8(15)4-9/h2-6H,16H2,1H3. The number of hydrogen-bond donors (Lipinski definition) is 1. The van der Waals surface area contributed by atoms with Crippen molar-refractivity contribution in [3.63, 3.8) is 0 Å². The first-order chi connectivity index (χ1) is 9.49. The molecule has 0 spiro atoms. The number of carbonyl (C=O) groups excluding carboxylic acids is 1. The summed E-state index contributed by atoms with van der Waals surface area (Å²) < 4.78 is 23.7. The number of esters is 1. The van der Waals surface area contributed by atoms with Crippen LogP contribution in [0, 0.1) is 5.82 Å². The highest BCUT2D eigenvalue weighted by Gasteiger charge is 2.13. The fourth-order valence-electron chi connectivity index (χ4n) is 1.50. The van der Waals surface area contributed by atoms with Crippen molar-refractivity contribution >= 4 is 27.6 Å². The molecular weight excluding hydrogens is 331 g/mol. The Morgan fingerprint density at radius 1 is 1.35 bits per heavy atom. The summed E-state index contributed by atoms with van der Waals surface area (Å²) in [5.41, 5.74) is 5.92. The maximum absolute atomic E-state index is 13.2. The Hall–Kier alpha value is -2.15. The molecule has 0 bridgehead atoms. The van der Waals surface area contributed by atoms with Gasteiger partial charge in [-0.3, -0.25) is 0 Å². The van der Waals surface area contributed by atoms with Crippen LogP contribution in [0.15, 0.2) is 34.9 Å². The van der Waals surface area contributed by atoms with Gasteiger partial charge in [0, 0.05) is 16.6 Å². The molecule has 0 saturated carbocycles. The molecule has 20 heavy (non-hydrogen) atoms. The lowest BCUT2D eigenvalue weighted by molar-refractivity contribution is 0.0601. The van der Waals surface area contributed by atoms with Crippen LogP contribution in [0.25, 0.3) is 0 Å². The van der Waals surface area contributed by atoms with Crippen molar-refractivity contribution < 1.29 is 18.7 Å². The van der Waals surface area contributed by atoms with Crippen molar-refractivity contribution in [2.75, 3.05) is 12.8 Å². The zero-order valence-corrected chi connectivity index (χ0v) is 12.0. The average molecular weight is 341 g/mol. The van der Waals surface area contributed by atoms with Gasteiger partial charge in [0.1, 0.15) is 11.6 Å². The molecule has 1 heterocycles. The van der Waals surface area contributed by atoms with Gasteiger partial charge in [0.25, 0.3) is 0 Å². The Balaban J connectivity index is 2.32. The quantitative estimate of drug-likeness (QED) is 0.868. The molecule has 0 saturated heterocycles. The van der Waals surface area contributed by atoms with Crippen molar-refractivity contribution in [2.45, 2.75) is 0 Å². The largest absolute Gasteiger partial charge is 0.465 e. The van der Waals surface area contributed by atoms with Gasteiger partial charge >= 0.3 is 5.97 Å². The van der Waals surface area contributed by atoms with Crippen molar-refractivity contribution in [1.82, 2.24) is 4.98 Å².